The van der Waals surface area contributed by atoms with Crippen molar-refractivity contribution in [2.75, 3.05) is 0 Å². The molecule has 0 unspecified atom stereocenters. The van der Waals surface area contributed by atoms with E-state index in [1.165, 1.54) is 4.68 Å². The number of nitrogens with zero attached hydrogens (tertiary/aromatic N) is 2. The first kappa shape index (κ1) is 9.99. The van der Waals surface area contributed by atoms with Gasteiger partial charge in [-0.25, -0.2) is 4.68 Å². The zero-order chi connectivity index (χ0) is 10.6. The Bertz CT molecular complexity index is 399. The summed E-state index contributed by atoms with van der Waals surface area (Å²) in [7, 11) is 0. The molecule has 3 nitrogen and oxygen atoms in total. The van der Waals surface area contributed by atoms with Gasteiger partial charge in [0.25, 0.3) is 5.91 Å². The number of carbonyl (C=O) groups is 1. The van der Waals surface area contributed by atoms with Gasteiger partial charge in [0, 0.05) is 6.20 Å². The van der Waals surface area contributed by atoms with E-state index in [0.717, 1.165) is 5.56 Å². The first-order valence-corrected chi connectivity index (χ1v) is 5.06. The number of carbonyl (C=O) groups excluding carboxylic acids is 1. The number of aromatic nitrogens is 2. The average Bonchev–Trinajstić information content (AvgIpc) is 2.48. The van der Waals surface area contributed by atoms with Crippen molar-refractivity contribution in [3.05, 3.63) is 18.0 Å². The van der Waals surface area contributed by atoms with E-state index in [2.05, 4.69) is 5.10 Å². The monoisotopic (exact) mass is 232 g/mol. The highest BCUT2D eigenvalue weighted by Gasteiger charge is 2.68. The predicted octanol–water partition coefficient (Wildman–Crippen LogP) is 2.42. The summed E-state index contributed by atoms with van der Waals surface area (Å²) in [6, 6.07) is 0. The highest BCUT2D eigenvalue weighted by Crippen LogP contribution is 2.64. The van der Waals surface area contributed by atoms with Crippen LogP contribution in [0.5, 0.6) is 0 Å². The fraction of sp³-hybridized carbons (Fsp3) is 0.556. The normalized spacial score (nSPS) is 28.9. The smallest absolute Gasteiger partial charge is 0.255 e. The molecule has 1 fully saturated rings. The van der Waals surface area contributed by atoms with Crippen LogP contribution in [0.2, 0.25) is 0 Å². The third kappa shape index (κ3) is 1.27. The van der Waals surface area contributed by atoms with Crippen LogP contribution in [0.1, 0.15) is 23.7 Å². The number of aryl methyl sites for hydroxylation is 1. The first-order valence-electron chi connectivity index (χ1n) is 4.31. The summed E-state index contributed by atoms with van der Waals surface area (Å²) < 4.78 is 0.381. The number of alkyl halides is 2. The number of hydrogen-bond donors (Lipinski definition) is 0. The molecule has 14 heavy (non-hydrogen) atoms. The maximum atomic E-state index is 11.9. The summed E-state index contributed by atoms with van der Waals surface area (Å²) in [6.45, 7) is 3.63. The lowest BCUT2D eigenvalue weighted by Gasteiger charge is -2.09. The molecule has 0 aliphatic heterocycles. The van der Waals surface area contributed by atoms with Crippen molar-refractivity contribution in [3.8, 4) is 0 Å². The topological polar surface area (TPSA) is 34.9 Å². The summed E-state index contributed by atoms with van der Waals surface area (Å²) in [5.41, 5.74) is 0.256. The molecule has 0 amide bonds. The maximum absolute atomic E-state index is 11.9. The summed E-state index contributed by atoms with van der Waals surface area (Å²) in [5.74, 6) is -0.143. The Balaban J connectivity index is 2.27. The Labute approximate surface area is 92.0 Å². The first-order chi connectivity index (χ1) is 6.37. The van der Waals surface area contributed by atoms with Gasteiger partial charge in [0.1, 0.15) is 4.33 Å². The molecule has 1 aromatic heterocycles. The van der Waals surface area contributed by atoms with Crippen LogP contribution in [0.25, 0.3) is 0 Å². The van der Waals surface area contributed by atoms with Crippen molar-refractivity contribution >= 4 is 29.1 Å². The average molecular weight is 233 g/mol. The van der Waals surface area contributed by atoms with Crippen LogP contribution in [0.3, 0.4) is 0 Å². The molecule has 1 aliphatic carbocycles. The highest BCUT2D eigenvalue weighted by molar-refractivity contribution is 6.53. The van der Waals surface area contributed by atoms with Crippen LogP contribution in [0.4, 0.5) is 0 Å². The number of rotatable bonds is 1. The van der Waals surface area contributed by atoms with E-state index in [1.54, 1.807) is 19.3 Å². The summed E-state index contributed by atoms with van der Waals surface area (Å²) in [6.07, 6.45) is 3.80. The lowest BCUT2D eigenvalue weighted by atomic mass is 10.1. The van der Waals surface area contributed by atoms with E-state index in [0.29, 0.717) is 6.42 Å². The van der Waals surface area contributed by atoms with E-state index in [4.69, 9.17) is 23.2 Å². The van der Waals surface area contributed by atoms with Gasteiger partial charge in [-0.3, -0.25) is 4.79 Å². The Kier molecular flexibility index (Phi) is 1.95. The summed E-state index contributed by atoms with van der Waals surface area (Å²) in [4.78, 5) is 11.9. The Morgan fingerprint density at radius 1 is 1.64 bits per heavy atom. The molecule has 1 heterocycles. The molecule has 76 valence electrons. The number of halogens is 2. The molecule has 0 spiro atoms. The molecule has 1 aliphatic rings. The van der Waals surface area contributed by atoms with Crippen molar-refractivity contribution in [1.82, 2.24) is 9.78 Å². The van der Waals surface area contributed by atoms with Crippen molar-refractivity contribution in [1.29, 1.82) is 0 Å². The molecule has 0 saturated heterocycles. The number of hydrogen-bond acceptors (Lipinski definition) is 2. The maximum Gasteiger partial charge on any atom is 0.255 e. The Hall–Kier alpha value is -0.540. The molecule has 0 N–H and O–H groups in total. The predicted molar refractivity (Wildman–Crippen MR) is 54.8 cm³/mol. The molecular formula is C9H10Cl2N2O. The zero-order valence-corrected chi connectivity index (χ0v) is 9.43. The Morgan fingerprint density at radius 3 is 2.57 bits per heavy atom. The second-order valence-corrected chi connectivity index (χ2v) is 5.46. The molecule has 5 heteroatoms. The van der Waals surface area contributed by atoms with Crippen molar-refractivity contribution in [3.63, 3.8) is 0 Å². The van der Waals surface area contributed by atoms with Crippen molar-refractivity contribution < 1.29 is 4.79 Å². The molecule has 1 atom stereocenters. The Morgan fingerprint density at radius 2 is 2.21 bits per heavy atom. The van der Waals surface area contributed by atoms with Gasteiger partial charge in [0.2, 0.25) is 0 Å². The molecule has 1 aromatic rings. The van der Waals surface area contributed by atoms with E-state index in [9.17, 15) is 4.79 Å². The van der Waals surface area contributed by atoms with Gasteiger partial charge >= 0.3 is 0 Å². The van der Waals surface area contributed by atoms with Gasteiger partial charge in [-0.15, -0.1) is 23.2 Å². The molecule has 0 radical (unpaired) electrons. The van der Waals surface area contributed by atoms with Gasteiger partial charge in [-0.05, 0) is 25.8 Å². The lowest BCUT2D eigenvalue weighted by Crippen LogP contribution is -2.25. The van der Waals surface area contributed by atoms with Crippen LogP contribution in [-0.4, -0.2) is 20.0 Å². The van der Waals surface area contributed by atoms with Gasteiger partial charge < -0.3 is 0 Å². The molecule has 0 bridgehead atoms. The zero-order valence-electron chi connectivity index (χ0n) is 7.92. The minimum atomic E-state index is -0.927. The van der Waals surface area contributed by atoms with E-state index in [-0.39, 0.29) is 5.91 Å². The quantitative estimate of drug-likeness (QED) is 0.698. The van der Waals surface area contributed by atoms with Crippen LogP contribution in [0.15, 0.2) is 12.4 Å². The van der Waals surface area contributed by atoms with Crippen LogP contribution in [-0.2, 0) is 0 Å². The van der Waals surface area contributed by atoms with Crippen LogP contribution in [0, 0.1) is 12.3 Å². The molecule has 1 saturated carbocycles. The van der Waals surface area contributed by atoms with Crippen LogP contribution >= 0.6 is 23.2 Å². The van der Waals surface area contributed by atoms with Gasteiger partial charge in [-0.2, -0.15) is 5.10 Å². The van der Waals surface area contributed by atoms with Gasteiger partial charge in [0.15, 0.2) is 0 Å². The molecule has 0 aromatic carbocycles. The third-order valence-electron chi connectivity index (χ3n) is 2.65. The SMILES string of the molecule is Cc1cnn(C(=O)[C@@]2(C)CC2(Cl)Cl)c1. The van der Waals surface area contributed by atoms with Crippen molar-refractivity contribution in [2.24, 2.45) is 5.41 Å². The molecule has 2 rings (SSSR count). The minimum Gasteiger partial charge on any atom is -0.272 e. The second kappa shape index (κ2) is 2.74. The largest absolute Gasteiger partial charge is 0.272 e. The fourth-order valence-corrected chi connectivity index (χ4v) is 2.10. The fourth-order valence-electron chi connectivity index (χ4n) is 1.41. The highest BCUT2D eigenvalue weighted by atomic mass is 35.5. The lowest BCUT2D eigenvalue weighted by molar-refractivity contribution is 0.0806. The third-order valence-corrected chi connectivity index (χ3v) is 3.75. The standard InChI is InChI=1S/C9H10Cl2N2O/c1-6-3-12-13(4-6)7(14)8(2)5-9(8,10)11/h3-4H,5H2,1-2H3/t8-/m1/s1. The molecular weight excluding hydrogens is 223 g/mol. The van der Waals surface area contributed by atoms with Crippen molar-refractivity contribution in [2.45, 2.75) is 24.6 Å². The van der Waals surface area contributed by atoms with Gasteiger partial charge in [-0.1, -0.05) is 0 Å². The van der Waals surface area contributed by atoms with E-state index in [1.807, 2.05) is 6.92 Å². The van der Waals surface area contributed by atoms with E-state index < -0.39 is 9.75 Å². The summed E-state index contributed by atoms with van der Waals surface area (Å²) >= 11 is 11.8. The van der Waals surface area contributed by atoms with E-state index >= 15 is 0 Å². The van der Waals surface area contributed by atoms with Crippen LogP contribution < -0.4 is 0 Å². The summed E-state index contributed by atoms with van der Waals surface area (Å²) in [5, 5.41) is 3.94. The second-order valence-electron chi connectivity index (χ2n) is 3.98. The van der Waals surface area contributed by atoms with Gasteiger partial charge in [0.05, 0.1) is 11.6 Å². The minimum absolute atomic E-state index is 0.143.